The molecule has 1 atom stereocenters. The Kier molecular flexibility index (Phi) is 12.3. The van der Waals surface area contributed by atoms with Gasteiger partial charge in [0.1, 0.15) is 0 Å². The third-order valence-electron chi connectivity index (χ3n) is 10.6. The van der Waals surface area contributed by atoms with Crippen molar-refractivity contribution in [1.29, 1.82) is 0 Å². The second kappa shape index (κ2) is 16.8. The first-order valence-electron chi connectivity index (χ1n) is 18.4. The molecule has 2 N–H and O–H groups in total. The molecule has 0 radical (unpaired) electrons. The van der Waals surface area contributed by atoms with E-state index >= 15 is 0 Å². The van der Waals surface area contributed by atoms with Gasteiger partial charge in [-0.3, -0.25) is 14.4 Å². The third-order valence-corrected chi connectivity index (χ3v) is 10.6. The predicted molar refractivity (Wildman–Crippen MR) is 202 cm³/mol. The summed E-state index contributed by atoms with van der Waals surface area (Å²) >= 11 is 0. The molecule has 0 spiro atoms. The molecule has 0 fully saturated rings. The molecule has 0 aliphatic carbocycles. The molecule has 7 nitrogen and oxygen atoms in total. The minimum absolute atomic E-state index is 0.0907. The van der Waals surface area contributed by atoms with E-state index in [2.05, 4.69) is 86.3 Å². The van der Waals surface area contributed by atoms with Crippen LogP contribution in [0.4, 0.5) is 0 Å². The number of rotatable bonds is 10. The van der Waals surface area contributed by atoms with Gasteiger partial charge in [0.15, 0.2) is 0 Å². The van der Waals surface area contributed by atoms with Crippen LogP contribution in [0, 0.1) is 6.92 Å². The minimum atomic E-state index is 0.0907. The van der Waals surface area contributed by atoms with Crippen molar-refractivity contribution in [3.8, 4) is 11.3 Å². The van der Waals surface area contributed by atoms with Gasteiger partial charge >= 0.3 is 0 Å². The lowest BCUT2D eigenvalue weighted by Crippen LogP contribution is -2.43. The van der Waals surface area contributed by atoms with Crippen molar-refractivity contribution >= 4 is 18.2 Å². The Hall–Kier alpha value is -4.65. The van der Waals surface area contributed by atoms with Gasteiger partial charge < -0.3 is 20.1 Å². The lowest BCUT2D eigenvalue weighted by Gasteiger charge is -2.36. The van der Waals surface area contributed by atoms with Crippen LogP contribution in [0.15, 0.2) is 66.7 Å². The lowest BCUT2D eigenvalue weighted by molar-refractivity contribution is -0.131. The van der Waals surface area contributed by atoms with Crippen molar-refractivity contribution in [2.24, 2.45) is 12.8 Å². The molecule has 2 aliphatic heterocycles. The van der Waals surface area contributed by atoms with Crippen molar-refractivity contribution in [3.63, 3.8) is 0 Å². The SMILES string of the molecule is CCCCc1c(CCCC)c(-c2cc3c(cc2C(=O)N2Cc4ccccc4C[C@H]2C)CN(C(=O)Cc2ccccc2)CC3)n(C)c1C.NC=O. The minimum Gasteiger partial charge on any atom is -0.372 e. The molecule has 0 bridgehead atoms. The highest BCUT2D eigenvalue weighted by atomic mass is 16.2. The highest BCUT2D eigenvalue weighted by Crippen LogP contribution is 2.39. The van der Waals surface area contributed by atoms with E-state index in [4.69, 9.17) is 4.79 Å². The van der Waals surface area contributed by atoms with E-state index in [0.29, 0.717) is 26.1 Å². The van der Waals surface area contributed by atoms with Crippen LogP contribution in [-0.2, 0) is 61.8 Å². The molecule has 3 aromatic carbocycles. The molecule has 50 heavy (non-hydrogen) atoms. The lowest BCUT2D eigenvalue weighted by atomic mass is 9.87. The van der Waals surface area contributed by atoms with Crippen molar-refractivity contribution in [2.45, 2.75) is 105 Å². The fourth-order valence-electron chi connectivity index (χ4n) is 7.77. The molecule has 3 amide bonds. The molecule has 3 heterocycles. The van der Waals surface area contributed by atoms with Crippen LogP contribution in [-0.4, -0.2) is 45.2 Å². The van der Waals surface area contributed by atoms with Crippen LogP contribution in [0.1, 0.15) is 101 Å². The standard InChI is InChI=1S/C42H51N3O2.CH3NO/c1-6-8-19-36-30(4)43(5)41(37(36)20-9-7-2)38-25-33-21-22-44(40(46)24-31-15-11-10-12-16-31)27-35(33)26-39(38)42(47)45-28-34-18-14-13-17-32(34)23-29(45)3;2-1-3/h10-18,25-26,29H,6-9,19-24,27-28H2,1-5H3;1H,(H2,2,3)/t29-;/m1./s1. The maximum absolute atomic E-state index is 14.9. The Morgan fingerprint density at radius 2 is 1.50 bits per heavy atom. The van der Waals surface area contributed by atoms with Gasteiger partial charge in [0.2, 0.25) is 12.3 Å². The van der Waals surface area contributed by atoms with Crippen LogP contribution in [0.3, 0.4) is 0 Å². The maximum atomic E-state index is 14.9. The van der Waals surface area contributed by atoms with Crippen molar-refractivity contribution in [3.05, 3.63) is 117 Å². The summed E-state index contributed by atoms with van der Waals surface area (Å²) < 4.78 is 2.36. The third kappa shape index (κ3) is 7.88. The van der Waals surface area contributed by atoms with Gasteiger partial charge in [0.05, 0.1) is 12.1 Å². The zero-order valence-corrected chi connectivity index (χ0v) is 30.6. The summed E-state index contributed by atoms with van der Waals surface area (Å²) in [6.45, 7) is 10.8. The number of nitrogens with zero attached hydrogens (tertiary/aromatic N) is 3. The number of carbonyl (C=O) groups excluding carboxylic acids is 3. The summed E-state index contributed by atoms with van der Waals surface area (Å²) in [6, 6.07) is 23.1. The number of amides is 3. The summed E-state index contributed by atoms with van der Waals surface area (Å²) in [7, 11) is 2.19. The molecular weight excluding hydrogens is 620 g/mol. The molecule has 0 unspecified atom stereocenters. The van der Waals surface area contributed by atoms with Crippen molar-refractivity contribution in [2.75, 3.05) is 6.54 Å². The zero-order valence-electron chi connectivity index (χ0n) is 30.6. The van der Waals surface area contributed by atoms with Crippen LogP contribution >= 0.6 is 0 Å². The number of nitrogens with two attached hydrogens (primary N) is 1. The first kappa shape index (κ1) is 36.6. The Balaban J connectivity index is 0.00000156. The van der Waals surface area contributed by atoms with E-state index in [9.17, 15) is 9.59 Å². The largest absolute Gasteiger partial charge is 0.372 e. The molecule has 2 aliphatic rings. The van der Waals surface area contributed by atoms with E-state index in [1.807, 2.05) is 35.2 Å². The number of primary amides is 1. The smallest absolute Gasteiger partial charge is 0.255 e. The van der Waals surface area contributed by atoms with Crippen LogP contribution in [0.5, 0.6) is 0 Å². The second-order valence-electron chi connectivity index (χ2n) is 13.9. The van der Waals surface area contributed by atoms with E-state index in [1.165, 1.54) is 39.2 Å². The van der Waals surface area contributed by atoms with Gasteiger partial charge in [-0.15, -0.1) is 0 Å². The summed E-state index contributed by atoms with van der Waals surface area (Å²) in [5.74, 6) is 0.230. The number of hydrogen-bond donors (Lipinski definition) is 1. The summed E-state index contributed by atoms with van der Waals surface area (Å²) in [4.78, 5) is 41.0. The maximum Gasteiger partial charge on any atom is 0.255 e. The van der Waals surface area contributed by atoms with E-state index in [0.717, 1.165) is 73.6 Å². The van der Waals surface area contributed by atoms with Crippen LogP contribution in [0.2, 0.25) is 0 Å². The number of hydrogen-bond acceptors (Lipinski definition) is 3. The number of aromatic nitrogens is 1. The van der Waals surface area contributed by atoms with Gasteiger partial charge in [-0.25, -0.2) is 0 Å². The fraction of sp³-hybridized carbons (Fsp3) is 0.419. The second-order valence-corrected chi connectivity index (χ2v) is 13.9. The number of benzene rings is 3. The quantitative estimate of drug-likeness (QED) is 0.177. The Labute approximate surface area is 298 Å². The molecule has 1 aromatic heterocycles. The monoisotopic (exact) mass is 674 g/mol. The predicted octanol–water partition coefficient (Wildman–Crippen LogP) is 7.50. The normalized spacial score (nSPS) is 15.1. The molecular formula is C43H54N4O3. The Morgan fingerprint density at radius 3 is 2.18 bits per heavy atom. The van der Waals surface area contributed by atoms with Crippen molar-refractivity contribution in [1.82, 2.24) is 14.4 Å². The topological polar surface area (TPSA) is 88.6 Å². The van der Waals surface area contributed by atoms with E-state index < -0.39 is 0 Å². The average Bonchev–Trinajstić information content (AvgIpc) is 3.36. The zero-order chi connectivity index (χ0) is 35.8. The summed E-state index contributed by atoms with van der Waals surface area (Å²) in [6.07, 6.45) is 8.97. The van der Waals surface area contributed by atoms with E-state index in [-0.39, 0.29) is 24.3 Å². The molecule has 0 saturated carbocycles. The van der Waals surface area contributed by atoms with Gasteiger partial charge in [0, 0.05) is 49.5 Å². The summed E-state index contributed by atoms with van der Waals surface area (Å²) in [5, 5.41) is 0. The van der Waals surface area contributed by atoms with E-state index in [1.54, 1.807) is 0 Å². The van der Waals surface area contributed by atoms with Crippen molar-refractivity contribution < 1.29 is 14.4 Å². The summed E-state index contributed by atoms with van der Waals surface area (Å²) in [5.41, 5.74) is 17.4. The number of fused-ring (bicyclic) bond motifs is 2. The first-order valence-corrected chi connectivity index (χ1v) is 18.4. The fourth-order valence-corrected chi connectivity index (χ4v) is 7.77. The molecule has 6 rings (SSSR count). The van der Waals surface area contributed by atoms with Gasteiger partial charge in [0.25, 0.3) is 5.91 Å². The average molecular weight is 675 g/mol. The highest BCUT2D eigenvalue weighted by molar-refractivity contribution is 6.02. The molecule has 0 saturated heterocycles. The molecule has 264 valence electrons. The van der Waals surface area contributed by atoms with Gasteiger partial charge in [-0.05, 0) is 103 Å². The molecule has 7 heteroatoms. The molecule has 4 aromatic rings. The van der Waals surface area contributed by atoms with Gasteiger partial charge in [-0.2, -0.15) is 0 Å². The Bertz CT molecular complexity index is 1810. The van der Waals surface area contributed by atoms with Gasteiger partial charge in [-0.1, -0.05) is 81.3 Å². The van der Waals surface area contributed by atoms with Crippen LogP contribution < -0.4 is 5.73 Å². The number of unbranched alkanes of at least 4 members (excludes halogenated alkanes) is 2. The van der Waals surface area contributed by atoms with Crippen LogP contribution in [0.25, 0.3) is 11.3 Å². The number of carbonyl (C=O) groups is 3. The Morgan fingerprint density at radius 1 is 0.860 bits per heavy atom. The first-order chi connectivity index (χ1) is 24.2. The highest BCUT2D eigenvalue weighted by Gasteiger charge is 2.32.